The van der Waals surface area contributed by atoms with Crippen LogP contribution in [0.25, 0.3) is 76.5 Å². The maximum Gasteiger partial charge on any atom is 0.489 e. The predicted octanol–water partition coefficient (Wildman–Crippen LogP) is 9.59. The van der Waals surface area contributed by atoms with Crippen LogP contribution >= 0.6 is 15.9 Å². The molecule has 0 aliphatic heterocycles. The Morgan fingerprint density at radius 3 is 1.55 bits per heavy atom. The third-order valence-corrected chi connectivity index (χ3v) is 8.71. The van der Waals surface area contributed by atoms with E-state index in [2.05, 4.69) is 82.7 Å². The summed E-state index contributed by atoms with van der Waals surface area (Å²) < 4.78 is 13.2. The fourth-order valence-electron chi connectivity index (χ4n) is 6.23. The SMILES string of the molecule is Brc1cccc(-c2cc3c4ccccc4oc3c3ccccc23)c1.OB(O)c1cc2c3ccccc3oc2c2ccccc12. The van der Waals surface area contributed by atoms with Crippen molar-refractivity contribution in [3.05, 3.63) is 138 Å². The topological polar surface area (TPSA) is 66.7 Å². The number of para-hydroxylation sites is 2. The first kappa shape index (κ1) is 26.7. The van der Waals surface area contributed by atoms with Crippen molar-refractivity contribution >= 4 is 93.9 Å². The molecule has 0 bridgehead atoms. The molecule has 0 saturated heterocycles. The van der Waals surface area contributed by atoms with E-state index < -0.39 is 7.12 Å². The molecule has 0 radical (unpaired) electrons. The highest BCUT2D eigenvalue weighted by Crippen LogP contribution is 2.40. The van der Waals surface area contributed by atoms with Gasteiger partial charge in [0.15, 0.2) is 0 Å². The molecular weight excluding hydrogens is 611 g/mol. The standard InChI is InChI=1S/C22H13BrO.C16H11BO3/c23-15-7-5-6-14(12-15)19-13-20-17-9-3-4-11-21(17)24-22(20)18-10-2-1-8-16(18)19;18-17(19)14-9-13-11-6-3-4-8-15(11)20-16(13)12-7-2-1-5-10(12)14/h1-13H;1-9,18-19H. The van der Waals surface area contributed by atoms with E-state index in [9.17, 15) is 10.0 Å². The normalized spacial score (nSPS) is 11.5. The molecule has 6 heteroatoms. The summed E-state index contributed by atoms with van der Waals surface area (Å²) in [5, 5.41) is 27.5. The highest BCUT2D eigenvalue weighted by molar-refractivity contribution is 9.10. The van der Waals surface area contributed by atoms with Crippen LogP contribution in [0.15, 0.2) is 147 Å². The number of benzene rings is 7. The second-order valence-electron chi connectivity index (χ2n) is 10.8. The van der Waals surface area contributed by atoms with Crippen LogP contribution in [0.2, 0.25) is 0 Å². The van der Waals surface area contributed by atoms with E-state index in [1.165, 1.54) is 21.9 Å². The van der Waals surface area contributed by atoms with Crippen molar-refractivity contribution in [1.29, 1.82) is 0 Å². The highest BCUT2D eigenvalue weighted by atomic mass is 79.9. The maximum absolute atomic E-state index is 9.62. The Morgan fingerprint density at radius 2 is 0.955 bits per heavy atom. The lowest BCUT2D eigenvalue weighted by Gasteiger charge is -2.08. The van der Waals surface area contributed by atoms with Gasteiger partial charge in [0.25, 0.3) is 0 Å². The minimum Gasteiger partial charge on any atom is -0.455 e. The van der Waals surface area contributed by atoms with Crippen molar-refractivity contribution in [2.24, 2.45) is 0 Å². The molecule has 2 heterocycles. The molecular formula is C38H24BBrO4. The molecule has 0 aliphatic rings. The lowest BCUT2D eigenvalue weighted by Crippen LogP contribution is -2.30. The molecule has 9 rings (SSSR count). The Kier molecular flexibility index (Phi) is 6.49. The van der Waals surface area contributed by atoms with Crippen molar-refractivity contribution in [2.45, 2.75) is 0 Å². The highest BCUT2D eigenvalue weighted by Gasteiger charge is 2.20. The summed E-state index contributed by atoms with van der Waals surface area (Å²) in [4.78, 5) is 0. The molecule has 210 valence electrons. The molecule has 0 amide bonds. The van der Waals surface area contributed by atoms with E-state index in [4.69, 9.17) is 8.83 Å². The van der Waals surface area contributed by atoms with Gasteiger partial charge in [0, 0.05) is 36.8 Å². The quantitative estimate of drug-likeness (QED) is 0.186. The molecule has 9 aromatic rings. The van der Waals surface area contributed by atoms with Crippen molar-refractivity contribution in [2.75, 3.05) is 0 Å². The van der Waals surface area contributed by atoms with E-state index in [0.29, 0.717) is 5.46 Å². The molecule has 2 N–H and O–H groups in total. The number of fused-ring (bicyclic) bond motifs is 10. The van der Waals surface area contributed by atoms with Gasteiger partial charge >= 0.3 is 7.12 Å². The first-order valence-electron chi connectivity index (χ1n) is 14.3. The van der Waals surface area contributed by atoms with Gasteiger partial charge in [-0.1, -0.05) is 119 Å². The summed E-state index contributed by atoms with van der Waals surface area (Å²) in [6.45, 7) is 0. The van der Waals surface area contributed by atoms with Crippen LogP contribution in [0.3, 0.4) is 0 Å². The third kappa shape index (κ3) is 4.38. The van der Waals surface area contributed by atoms with E-state index in [1.807, 2.05) is 60.7 Å². The molecule has 7 aromatic carbocycles. The Morgan fingerprint density at radius 1 is 0.455 bits per heavy atom. The van der Waals surface area contributed by atoms with Gasteiger partial charge in [-0.25, -0.2) is 0 Å². The lowest BCUT2D eigenvalue weighted by molar-refractivity contribution is 0.426. The Balaban J connectivity index is 0.000000134. The molecule has 0 unspecified atom stereocenters. The summed E-state index contributed by atoms with van der Waals surface area (Å²) in [7, 11) is -1.50. The second kappa shape index (κ2) is 10.7. The third-order valence-electron chi connectivity index (χ3n) is 8.21. The van der Waals surface area contributed by atoms with E-state index in [1.54, 1.807) is 6.07 Å². The largest absolute Gasteiger partial charge is 0.489 e. The van der Waals surface area contributed by atoms with Crippen molar-refractivity contribution < 1.29 is 18.9 Å². The van der Waals surface area contributed by atoms with Gasteiger partial charge in [-0.15, -0.1) is 0 Å². The molecule has 0 aliphatic carbocycles. The van der Waals surface area contributed by atoms with Gasteiger partial charge in [0.1, 0.15) is 22.3 Å². The minimum absolute atomic E-state index is 0.500. The predicted molar refractivity (Wildman–Crippen MR) is 185 cm³/mol. The number of halogens is 1. The minimum atomic E-state index is -1.50. The molecule has 44 heavy (non-hydrogen) atoms. The van der Waals surface area contributed by atoms with E-state index in [-0.39, 0.29) is 0 Å². The van der Waals surface area contributed by atoms with Crippen molar-refractivity contribution in [3.63, 3.8) is 0 Å². The zero-order valence-corrected chi connectivity index (χ0v) is 25.0. The zero-order valence-electron chi connectivity index (χ0n) is 23.4. The second-order valence-corrected chi connectivity index (χ2v) is 11.7. The fourth-order valence-corrected chi connectivity index (χ4v) is 6.63. The summed E-state index contributed by atoms with van der Waals surface area (Å²) in [5.41, 5.74) is 6.41. The van der Waals surface area contributed by atoms with Gasteiger partial charge in [-0.3, -0.25) is 0 Å². The molecule has 0 spiro atoms. The number of hydrogen-bond donors (Lipinski definition) is 2. The molecule has 0 saturated carbocycles. The van der Waals surface area contributed by atoms with Gasteiger partial charge in [0.2, 0.25) is 0 Å². The van der Waals surface area contributed by atoms with Crippen molar-refractivity contribution in [1.82, 2.24) is 0 Å². The summed E-state index contributed by atoms with van der Waals surface area (Å²) >= 11 is 3.59. The Labute approximate surface area is 261 Å². The van der Waals surface area contributed by atoms with Gasteiger partial charge in [0.05, 0.1) is 0 Å². The lowest BCUT2D eigenvalue weighted by atomic mass is 9.76. The molecule has 2 aromatic heterocycles. The number of hydrogen-bond acceptors (Lipinski definition) is 4. The first-order valence-corrected chi connectivity index (χ1v) is 15.1. The smallest absolute Gasteiger partial charge is 0.455 e. The summed E-state index contributed by atoms with van der Waals surface area (Å²) in [6, 6.07) is 44.6. The average molecular weight is 635 g/mol. The maximum atomic E-state index is 9.62. The van der Waals surface area contributed by atoms with Gasteiger partial charge < -0.3 is 18.9 Å². The number of rotatable bonds is 2. The van der Waals surface area contributed by atoms with Crippen LogP contribution in [-0.2, 0) is 0 Å². The Hall–Kier alpha value is -4.88. The first-order chi connectivity index (χ1) is 21.6. The molecule has 4 nitrogen and oxygen atoms in total. The van der Waals surface area contributed by atoms with Crippen LogP contribution < -0.4 is 5.46 Å². The van der Waals surface area contributed by atoms with E-state index >= 15 is 0 Å². The van der Waals surface area contributed by atoms with Crippen LogP contribution in [0.5, 0.6) is 0 Å². The summed E-state index contributed by atoms with van der Waals surface area (Å²) in [6.07, 6.45) is 0. The molecule has 0 atom stereocenters. The van der Waals surface area contributed by atoms with Gasteiger partial charge in [-0.05, 0) is 57.7 Å². The van der Waals surface area contributed by atoms with Crippen molar-refractivity contribution in [3.8, 4) is 11.1 Å². The van der Waals surface area contributed by atoms with Gasteiger partial charge in [-0.2, -0.15) is 0 Å². The van der Waals surface area contributed by atoms with Crippen LogP contribution in [-0.4, -0.2) is 17.2 Å². The van der Waals surface area contributed by atoms with Crippen LogP contribution in [0.1, 0.15) is 0 Å². The average Bonchev–Trinajstić information content (AvgIpc) is 3.63. The molecule has 0 fully saturated rings. The van der Waals surface area contributed by atoms with E-state index in [0.717, 1.165) is 59.1 Å². The fraction of sp³-hybridized carbons (Fsp3) is 0. The van der Waals surface area contributed by atoms with Crippen LogP contribution in [0.4, 0.5) is 0 Å². The Bertz CT molecular complexity index is 2510. The summed E-state index contributed by atoms with van der Waals surface area (Å²) in [5.74, 6) is 0. The monoisotopic (exact) mass is 634 g/mol. The zero-order chi connectivity index (χ0) is 29.8. The number of furan rings is 2. The van der Waals surface area contributed by atoms with Crippen LogP contribution in [0, 0.1) is 0 Å².